The molecule has 0 aliphatic carbocycles. The van der Waals surface area contributed by atoms with E-state index in [4.69, 9.17) is 16.9 Å². The lowest BCUT2D eigenvalue weighted by atomic mass is 10.0. The molecule has 2 N–H and O–H groups in total. The van der Waals surface area contributed by atoms with Crippen molar-refractivity contribution in [2.75, 3.05) is 11.9 Å². The van der Waals surface area contributed by atoms with Crippen molar-refractivity contribution >= 4 is 23.3 Å². The zero-order valence-electron chi connectivity index (χ0n) is 18.6. The van der Waals surface area contributed by atoms with Crippen molar-refractivity contribution in [3.8, 4) is 17.2 Å². The number of nitrogens with one attached hydrogen (secondary N) is 2. The maximum Gasteiger partial charge on any atom is 0.247 e. The summed E-state index contributed by atoms with van der Waals surface area (Å²) in [4.78, 5) is 17.6. The van der Waals surface area contributed by atoms with Gasteiger partial charge in [-0.25, -0.2) is 4.98 Å². The number of benzene rings is 2. The molecule has 2 heterocycles. The Morgan fingerprint density at radius 2 is 1.94 bits per heavy atom. The van der Waals surface area contributed by atoms with E-state index in [2.05, 4.69) is 26.8 Å². The second-order valence-corrected chi connectivity index (χ2v) is 8.26. The molecule has 4 aromatic rings. The summed E-state index contributed by atoms with van der Waals surface area (Å²) in [7, 11) is 1.86. The summed E-state index contributed by atoms with van der Waals surface area (Å²) in [5.41, 5.74) is 4.32. The minimum absolute atomic E-state index is 0.233. The van der Waals surface area contributed by atoms with Gasteiger partial charge in [0.25, 0.3) is 0 Å². The number of hydrogen-bond acceptors (Lipinski definition) is 5. The van der Waals surface area contributed by atoms with E-state index in [1.807, 2.05) is 43.6 Å². The first-order chi connectivity index (χ1) is 16.5. The van der Waals surface area contributed by atoms with E-state index in [-0.39, 0.29) is 5.91 Å². The highest BCUT2D eigenvalue weighted by molar-refractivity contribution is 6.30. The van der Waals surface area contributed by atoms with Crippen molar-refractivity contribution in [3.63, 3.8) is 0 Å². The monoisotopic (exact) mass is 470 g/mol. The molecule has 0 fully saturated rings. The van der Waals surface area contributed by atoms with Crippen LogP contribution in [0.1, 0.15) is 22.7 Å². The molecule has 170 valence electrons. The van der Waals surface area contributed by atoms with Gasteiger partial charge in [-0.05, 0) is 53.9 Å². The Balaban J connectivity index is 1.45. The third-order valence-electron chi connectivity index (χ3n) is 5.34. The molecule has 0 saturated heterocycles. The van der Waals surface area contributed by atoms with Gasteiger partial charge in [0, 0.05) is 42.1 Å². The molecule has 34 heavy (non-hydrogen) atoms. The second-order valence-electron chi connectivity index (χ2n) is 7.82. The standard InChI is InChI=1S/C26H23ClN6O/c1-33-17-22(16-31-33)21-9-10-24(30-15-21)32-26(34)25(20-3-2-4-23(27)13-20)29-12-11-18-5-7-19(14-28)8-6-18/h2-10,13,15-17,25,29H,11-12H2,1H3,(H,30,32,34)/t25-/m0/s1. The van der Waals surface area contributed by atoms with Gasteiger partial charge >= 0.3 is 0 Å². The average molecular weight is 471 g/mol. The van der Waals surface area contributed by atoms with Gasteiger partial charge in [-0.15, -0.1) is 0 Å². The molecule has 8 heteroatoms. The molecule has 0 saturated carbocycles. The molecular formula is C26H23ClN6O. The van der Waals surface area contributed by atoms with Crippen LogP contribution in [-0.2, 0) is 18.3 Å². The first-order valence-corrected chi connectivity index (χ1v) is 11.1. The molecule has 7 nitrogen and oxygen atoms in total. The quantitative estimate of drug-likeness (QED) is 0.394. The van der Waals surface area contributed by atoms with Crippen molar-refractivity contribution < 1.29 is 4.79 Å². The summed E-state index contributed by atoms with van der Waals surface area (Å²) in [6.07, 6.45) is 6.08. The fourth-order valence-electron chi connectivity index (χ4n) is 3.56. The van der Waals surface area contributed by atoms with Crippen LogP contribution >= 0.6 is 11.6 Å². The van der Waals surface area contributed by atoms with Gasteiger partial charge < -0.3 is 10.6 Å². The van der Waals surface area contributed by atoms with E-state index in [1.165, 1.54) is 0 Å². The summed E-state index contributed by atoms with van der Waals surface area (Å²) < 4.78 is 1.73. The van der Waals surface area contributed by atoms with Crippen LogP contribution in [0.5, 0.6) is 0 Å². The highest BCUT2D eigenvalue weighted by Gasteiger charge is 2.21. The summed E-state index contributed by atoms with van der Waals surface area (Å²) in [5.74, 6) is 0.224. The van der Waals surface area contributed by atoms with Crippen LogP contribution in [0.3, 0.4) is 0 Å². The van der Waals surface area contributed by atoms with Crippen molar-refractivity contribution in [2.45, 2.75) is 12.5 Å². The van der Waals surface area contributed by atoms with Gasteiger partial charge in [0.1, 0.15) is 11.9 Å². The average Bonchev–Trinajstić information content (AvgIpc) is 3.29. The minimum Gasteiger partial charge on any atom is -0.309 e. The number of rotatable bonds is 8. The molecule has 1 amide bonds. The fourth-order valence-corrected chi connectivity index (χ4v) is 3.76. The molecule has 1 atom stereocenters. The van der Waals surface area contributed by atoms with Crippen LogP contribution in [0.25, 0.3) is 11.1 Å². The zero-order chi connectivity index (χ0) is 23.9. The highest BCUT2D eigenvalue weighted by Crippen LogP contribution is 2.22. The van der Waals surface area contributed by atoms with Crippen LogP contribution in [0.4, 0.5) is 5.82 Å². The van der Waals surface area contributed by atoms with Crippen LogP contribution in [0.2, 0.25) is 5.02 Å². The molecule has 4 rings (SSSR count). The van der Waals surface area contributed by atoms with Gasteiger partial charge in [0.2, 0.25) is 5.91 Å². The fraction of sp³-hybridized carbons (Fsp3) is 0.154. The number of pyridine rings is 1. The predicted octanol–water partition coefficient (Wildman–Crippen LogP) is 4.52. The maximum absolute atomic E-state index is 13.2. The Hall–Kier alpha value is -3.99. The number of carbonyl (C=O) groups excluding carboxylic acids is 1. The summed E-state index contributed by atoms with van der Waals surface area (Å²) in [6, 6.07) is 19.8. The Bertz CT molecular complexity index is 1310. The van der Waals surface area contributed by atoms with Gasteiger partial charge in [0.05, 0.1) is 17.8 Å². The molecule has 2 aromatic carbocycles. The van der Waals surface area contributed by atoms with E-state index in [1.54, 1.807) is 47.4 Å². The van der Waals surface area contributed by atoms with Gasteiger partial charge in [-0.3, -0.25) is 9.48 Å². The van der Waals surface area contributed by atoms with Gasteiger partial charge in [-0.2, -0.15) is 10.4 Å². The lowest BCUT2D eigenvalue weighted by Gasteiger charge is -2.19. The number of nitriles is 1. The van der Waals surface area contributed by atoms with Gasteiger partial charge in [0.15, 0.2) is 0 Å². The second kappa shape index (κ2) is 10.8. The van der Waals surface area contributed by atoms with E-state index in [9.17, 15) is 4.79 Å². The van der Waals surface area contributed by atoms with E-state index < -0.39 is 6.04 Å². The zero-order valence-corrected chi connectivity index (χ0v) is 19.3. The number of anilines is 1. The van der Waals surface area contributed by atoms with E-state index in [0.717, 1.165) is 22.3 Å². The number of amides is 1. The predicted molar refractivity (Wildman–Crippen MR) is 132 cm³/mol. The summed E-state index contributed by atoms with van der Waals surface area (Å²) in [6.45, 7) is 0.559. The van der Waals surface area contributed by atoms with E-state index >= 15 is 0 Å². The van der Waals surface area contributed by atoms with Crippen molar-refractivity contribution in [1.82, 2.24) is 20.1 Å². The van der Waals surface area contributed by atoms with Crippen LogP contribution in [-0.4, -0.2) is 27.2 Å². The van der Waals surface area contributed by atoms with Gasteiger partial charge in [-0.1, -0.05) is 35.9 Å². The minimum atomic E-state index is -0.614. The highest BCUT2D eigenvalue weighted by atomic mass is 35.5. The Labute approximate surface area is 203 Å². The maximum atomic E-state index is 13.2. The Kier molecular flexibility index (Phi) is 7.33. The van der Waals surface area contributed by atoms with Crippen molar-refractivity contribution in [3.05, 3.63) is 101 Å². The third-order valence-corrected chi connectivity index (χ3v) is 5.58. The third kappa shape index (κ3) is 5.87. The SMILES string of the molecule is Cn1cc(-c2ccc(NC(=O)[C@@H](NCCc3ccc(C#N)cc3)c3cccc(Cl)c3)nc2)cn1. The number of aryl methyl sites for hydroxylation is 1. The molecule has 0 aliphatic rings. The largest absolute Gasteiger partial charge is 0.309 e. The molecule has 0 radical (unpaired) electrons. The number of hydrogen-bond donors (Lipinski definition) is 2. The molecule has 0 aliphatic heterocycles. The summed E-state index contributed by atoms with van der Waals surface area (Å²) in [5, 5.41) is 19.9. The topological polar surface area (TPSA) is 95.6 Å². The summed E-state index contributed by atoms with van der Waals surface area (Å²) >= 11 is 6.18. The molecule has 0 bridgehead atoms. The Morgan fingerprint density at radius 3 is 2.59 bits per heavy atom. The van der Waals surface area contributed by atoms with E-state index in [0.29, 0.717) is 29.4 Å². The van der Waals surface area contributed by atoms with Crippen LogP contribution < -0.4 is 10.6 Å². The Morgan fingerprint density at radius 1 is 1.12 bits per heavy atom. The lowest BCUT2D eigenvalue weighted by Crippen LogP contribution is -2.34. The number of carbonyl (C=O) groups is 1. The number of halogens is 1. The first-order valence-electron chi connectivity index (χ1n) is 10.8. The molecule has 0 unspecified atom stereocenters. The van der Waals surface area contributed by atoms with Crippen molar-refractivity contribution in [1.29, 1.82) is 5.26 Å². The smallest absolute Gasteiger partial charge is 0.247 e. The molecular weight excluding hydrogens is 448 g/mol. The molecule has 0 spiro atoms. The number of aromatic nitrogens is 3. The number of nitrogens with zero attached hydrogens (tertiary/aromatic N) is 4. The van der Waals surface area contributed by atoms with Crippen LogP contribution in [0.15, 0.2) is 79.3 Å². The first kappa shape index (κ1) is 23.2. The lowest BCUT2D eigenvalue weighted by molar-refractivity contribution is -0.118. The normalized spacial score (nSPS) is 11.6. The molecule has 2 aromatic heterocycles. The van der Waals surface area contributed by atoms with Crippen molar-refractivity contribution in [2.24, 2.45) is 7.05 Å². The van der Waals surface area contributed by atoms with Crippen LogP contribution in [0, 0.1) is 11.3 Å².